The molecule has 0 fully saturated rings. The summed E-state index contributed by atoms with van der Waals surface area (Å²) < 4.78 is 0. The molecule has 1 amide bonds. The fraction of sp³-hybridized carbons (Fsp3) is 0.278. The third kappa shape index (κ3) is 3.70. The molecular weight excluding hydrogens is 292 g/mol. The Kier molecular flexibility index (Phi) is 4.80. The van der Waals surface area contributed by atoms with E-state index in [1.54, 1.807) is 11.8 Å². The van der Waals surface area contributed by atoms with Gasteiger partial charge in [-0.15, -0.1) is 11.8 Å². The lowest BCUT2D eigenvalue weighted by molar-refractivity contribution is -0.907. The minimum absolute atomic E-state index is 0.0904. The first-order chi connectivity index (χ1) is 10.7. The van der Waals surface area contributed by atoms with Crippen LogP contribution in [0.5, 0.6) is 0 Å². The van der Waals surface area contributed by atoms with Gasteiger partial charge in [0.1, 0.15) is 6.54 Å². The lowest BCUT2D eigenvalue weighted by Gasteiger charge is -2.25. The van der Waals surface area contributed by atoms with Crippen LogP contribution in [0.25, 0.3) is 0 Å². The molecule has 0 bridgehead atoms. The van der Waals surface area contributed by atoms with Gasteiger partial charge < -0.3 is 10.2 Å². The Morgan fingerprint density at radius 3 is 2.82 bits per heavy atom. The molecule has 3 rings (SSSR count). The third-order valence-electron chi connectivity index (χ3n) is 4.07. The number of anilines is 1. The second-order valence-corrected chi connectivity index (χ2v) is 6.53. The van der Waals surface area contributed by atoms with Crippen molar-refractivity contribution in [1.82, 2.24) is 0 Å². The predicted molar refractivity (Wildman–Crippen MR) is 91.4 cm³/mol. The molecule has 114 valence electrons. The zero-order valence-corrected chi connectivity index (χ0v) is 13.6. The highest BCUT2D eigenvalue weighted by molar-refractivity contribution is 7.98. The predicted octanol–water partition coefficient (Wildman–Crippen LogP) is 1.99. The third-order valence-corrected chi connectivity index (χ3v) is 4.80. The Morgan fingerprint density at radius 2 is 2.00 bits per heavy atom. The molecule has 1 atom stereocenters. The molecule has 3 nitrogen and oxygen atoms in total. The van der Waals surface area contributed by atoms with E-state index in [2.05, 4.69) is 29.6 Å². The standard InChI is InChI=1S/C18H20N2OS/c1-22-17-8-4-7-16(11-17)19-18(21)13-20-10-9-14-5-2-3-6-15(14)12-20/h2-8,11H,9-10,12-13H2,1H3,(H,19,21)/p+1. The van der Waals surface area contributed by atoms with E-state index in [9.17, 15) is 4.79 Å². The van der Waals surface area contributed by atoms with E-state index in [0.717, 1.165) is 30.1 Å². The first kappa shape index (κ1) is 15.1. The molecule has 0 saturated heterocycles. The second-order valence-electron chi connectivity index (χ2n) is 5.65. The van der Waals surface area contributed by atoms with E-state index in [1.165, 1.54) is 16.0 Å². The van der Waals surface area contributed by atoms with Crippen molar-refractivity contribution < 1.29 is 9.69 Å². The Balaban J connectivity index is 1.58. The van der Waals surface area contributed by atoms with Gasteiger partial charge in [0.25, 0.3) is 5.91 Å². The summed E-state index contributed by atoms with van der Waals surface area (Å²) in [7, 11) is 0. The van der Waals surface area contributed by atoms with Crippen LogP contribution in [-0.4, -0.2) is 25.3 Å². The van der Waals surface area contributed by atoms with Crippen molar-refractivity contribution in [2.45, 2.75) is 17.9 Å². The molecule has 1 heterocycles. The summed E-state index contributed by atoms with van der Waals surface area (Å²) >= 11 is 1.68. The van der Waals surface area contributed by atoms with Crippen LogP contribution in [0, 0.1) is 0 Å². The fourth-order valence-corrected chi connectivity index (χ4v) is 3.39. The highest BCUT2D eigenvalue weighted by Gasteiger charge is 2.21. The van der Waals surface area contributed by atoms with Crippen LogP contribution in [-0.2, 0) is 17.8 Å². The van der Waals surface area contributed by atoms with Gasteiger partial charge in [0, 0.05) is 22.6 Å². The first-order valence-electron chi connectivity index (χ1n) is 7.59. The summed E-state index contributed by atoms with van der Waals surface area (Å²) in [4.78, 5) is 14.7. The Morgan fingerprint density at radius 1 is 1.18 bits per heavy atom. The molecule has 2 aromatic rings. The van der Waals surface area contributed by atoms with Gasteiger partial charge in [-0.05, 0) is 30.0 Å². The Hall–Kier alpha value is -1.78. The van der Waals surface area contributed by atoms with E-state index < -0.39 is 0 Å². The summed E-state index contributed by atoms with van der Waals surface area (Å²) in [5.41, 5.74) is 3.69. The number of carbonyl (C=O) groups is 1. The minimum atomic E-state index is 0.0904. The molecule has 0 radical (unpaired) electrons. The maximum absolute atomic E-state index is 12.3. The lowest BCUT2D eigenvalue weighted by Crippen LogP contribution is -3.12. The van der Waals surface area contributed by atoms with Crippen LogP contribution in [0.2, 0.25) is 0 Å². The molecule has 22 heavy (non-hydrogen) atoms. The number of hydrogen-bond donors (Lipinski definition) is 2. The second kappa shape index (κ2) is 6.99. The summed E-state index contributed by atoms with van der Waals surface area (Å²) in [6, 6.07) is 16.5. The SMILES string of the molecule is CSc1cccc(NC(=O)C[NH+]2CCc3ccccc3C2)c1. The van der Waals surface area contributed by atoms with E-state index in [4.69, 9.17) is 0 Å². The van der Waals surface area contributed by atoms with Gasteiger partial charge in [0.15, 0.2) is 6.54 Å². The molecule has 0 spiro atoms. The van der Waals surface area contributed by atoms with Gasteiger partial charge >= 0.3 is 0 Å². The van der Waals surface area contributed by atoms with E-state index in [-0.39, 0.29) is 5.91 Å². The fourth-order valence-electron chi connectivity index (χ4n) is 2.93. The van der Waals surface area contributed by atoms with Crippen LogP contribution in [0.3, 0.4) is 0 Å². The molecule has 0 saturated carbocycles. The minimum Gasteiger partial charge on any atom is -0.323 e. The number of amides is 1. The Bertz CT molecular complexity index is 672. The van der Waals surface area contributed by atoms with Crippen LogP contribution in [0.1, 0.15) is 11.1 Å². The molecule has 0 aliphatic carbocycles. The number of quaternary nitrogens is 1. The van der Waals surface area contributed by atoms with Crippen molar-refractivity contribution in [3.05, 3.63) is 59.7 Å². The van der Waals surface area contributed by atoms with Gasteiger partial charge in [0.2, 0.25) is 0 Å². The van der Waals surface area contributed by atoms with Gasteiger partial charge in [-0.2, -0.15) is 0 Å². The van der Waals surface area contributed by atoms with Crippen molar-refractivity contribution in [3.8, 4) is 0 Å². The van der Waals surface area contributed by atoms with E-state index >= 15 is 0 Å². The molecule has 0 aromatic heterocycles. The maximum Gasteiger partial charge on any atom is 0.279 e. The van der Waals surface area contributed by atoms with Crippen LogP contribution < -0.4 is 10.2 Å². The van der Waals surface area contributed by atoms with Crippen LogP contribution in [0.4, 0.5) is 5.69 Å². The number of fused-ring (bicyclic) bond motifs is 1. The zero-order valence-electron chi connectivity index (χ0n) is 12.8. The Labute approximate surface area is 135 Å². The zero-order chi connectivity index (χ0) is 15.4. The van der Waals surface area contributed by atoms with Crippen molar-refractivity contribution >= 4 is 23.4 Å². The van der Waals surface area contributed by atoms with Gasteiger partial charge in [-0.25, -0.2) is 0 Å². The largest absolute Gasteiger partial charge is 0.323 e. The van der Waals surface area contributed by atoms with Crippen molar-refractivity contribution in [1.29, 1.82) is 0 Å². The lowest BCUT2D eigenvalue weighted by atomic mass is 10.00. The number of nitrogens with one attached hydrogen (secondary N) is 2. The van der Waals surface area contributed by atoms with E-state index in [1.807, 2.05) is 30.5 Å². The maximum atomic E-state index is 12.3. The number of thioether (sulfide) groups is 1. The quantitative estimate of drug-likeness (QED) is 0.847. The monoisotopic (exact) mass is 313 g/mol. The van der Waals surface area contributed by atoms with E-state index in [0.29, 0.717) is 6.54 Å². The molecule has 2 aromatic carbocycles. The summed E-state index contributed by atoms with van der Waals surface area (Å²) in [5.74, 6) is 0.0904. The smallest absolute Gasteiger partial charge is 0.279 e. The summed E-state index contributed by atoms with van der Waals surface area (Å²) in [6.45, 7) is 2.49. The molecule has 1 aliphatic rings. The normalized spacial score (nSPS) is 16.9. The highest BCUT2D eigenvalue weighted by atomic mass is 32.2. The first-order valence-corrected chi connectivity index (χ1v) is 8.81. The van der Waals surface area contributed by atoms with Crippen molar-refractivity contribution in [2.24, 2.45) is 0 Å². The van der Waals surface area contributed by atoms with Crippen molar-refractivity contribution in [2.75, 3.05) is 24.7 Å². The summed E-state index contributed by atoms with van der Waals surface area (Å²) in [5, 5.41) is 3.01. The van der Waals surface area contributed by atoms with Gasteiger partial charge in [0.05, 0.1) is 6.54 Å². The van der Waals surface area contributed by atoms with Gasteiger partial charge in [-0.1, -0.05) is 30.3 Å². The van der Waals surface area contributed by atoms with Crippen LogP contribution in [0.15, 0.2) is 53.4 Å². The van der Waals surface area contributed by atoms with Crippen LogP contribution >= 0.6 is 11.8 Å². The number of carbonyl (C=O) groups excluding carboxylic acids is 1. The number of rotatable bonds is 4. The topological polar surface area (TPSA) is 33.5 Å². The number of benzene rings is 2. The molecule has 4 heteroatoms. The summed E-state index contributed by atoms with van der Waals surface area (Å²) in [6.07, 6.45) is 3.09. The molecule has 1 unspecified atom stereocenters. The number of hydrogen-bond acceptors (Lipinski definition) is 2. The van der Waals surface area contributed by atoms with Gasteiger partial charge in [-0.3, -0.25) is 4.79 Å². The molecular formula is C18H21N2OS+. The highest BCUT2D eigenvalue weighted by Crippen LogP contribution is 2.18. The van der Waals surface area contributed by atoms with Crippen molar-refractivity contribution in [3.63, 3.8) is 0 Å². The average molecular weight is 313 g/mol. The molecule has 1 aliphatic heterocycles. The molecule has 2 N–H and O–H groups in total. The average Bonchev–Trinajstić information content (AvgIpc) is 2.55.